The van der Waals surface area contributed by atoms with Gasteiger partial charge in [-0.3, -0.25) is 0 Å². The minimum absolute atomic E-state index is 0.391. The van der Waals surface area contributed by atoms with E-state index in [0.29, 0.717) is 27.2 Å². The summed E-state index contributed by atoms with van der Waals surface area (Å²) in [6, 6.07) is 7.32. The minimum atomic E-state index is 0.391. The number of aromatic nitrogens is 1. The number of aryl methyl sites for hydroxylation is 2. The molecule has 0 saturated carbocycles. The predicted octanol–water partition coefficient (Wildman–Crippen LogP) is 5.00. The van der Waals surface area contributed by atoms with E-state index in [1.807, 2.05) is 26.0 Å². The molecule has 0 spiro atoms. The molecular weight excluding hydrogens is 295 g/mol. The fraction of sp³-hybridized carbons (Fsp3) is 0.133. The number of anilines is 1. The largest absolute Gasteiger partial charge is 0.436 e. The van der Waals surface area contributed by atoms with Crippen molar-refractivity contribution in [1.29, 1.82) is 0 Å². The highest BCUT2D eigenvalue weighted by atomic mass is 35.5. The Kier molecular flexibility index (Phi) is 3.11. The van der Waals surface area contributed by atoms with Crippen LogP contribution in [-0.2, 0) is 0 Å². The van der Waals surface area contributed by atoms with Gasteiger partial charge < -0.3 is 10.2 Å². The van der Waals surface area contributed by atoms with Crippen molar-refractivity contribution in [2.24, 2.45) is 0 Å². The zero-order valence-electron chi connectivity index (χ0n) is 11.0. The van der Waals surface area contributed by atoms with E-state index in [-0.39, 0.29) is 0 Å². The number of rotatable bonds is 1. The number of nitrogen functional groups attached to an aromatic ring is 1. The predicted molar refractivity (Wildman–Crippen MR) is 83.4 cm³/mol. The van der Waals surface area contributed by atoms with E-state index in [0.717, 1.165) is 22.2 Å². The molecule has 3 rings (SSSR count). The van der Waals surface area contributed by atoms with Crippen molar-refractivity contribution in [3.63, 3.8) is 0 Å². The van der Waals surface area contributed by atoms with Gasteiger partial charge in [-0.15, -0.1) is 0 Å². The van der Waals surface area contributed by atoms with Crippen molar-refractivity contribution in [2.75, 3.05) is 5.73 Å². The fourth-order valence-electron chi connectivity index (χ4n) is 2.25. The van der Waals surface area contributed by atoms with Gasteiger partial charge in [0.15, 0.2) is 5.58 Å². The highest BCUT2D eigenvalue weighted by Gasteiger charge is 2.15. The first-order chi connectivity index (χ1) is 9.45. The summed E-state index contributed by atoms with van der Waals surface area (Å²) in [4.78, 5) is 4.48. The first kappa shape index (κ1) is 13.3. The zero-order chi connectivity index (χ0) is 14.4. The van der Waals surface area contributed by atoms with Crippen LogP contribution in [0.3, 0.4) is 0 Å². The van der Waals surface area contributed by atoms with Crippen LogP contribution in [0.15, 0.2) is 28.7 Å². The topological polar surface area (TPSA) is 52.0 Å². The molecule has 0 amide bonds. The van der Waals surface area contributed by atoms with Crippen LogP contribution in [0.2, 0.25) is 10.0 Å². The van der Waals surface area contributed by atoms with E-state index in [1.165, 1.54) is 0 Å². The SMILES string of the molecule is Cc1cc(C)c2oc(-c3cc(Cl)cc(Cl)c3N)nc2c1. The molecule has 2 N–H and O–H groups in total. The second-order valence-electron chi connectivity index (χ2n) is 4.80. The average Bonchev–Trinajstić information content (AvgIpc) is 2.77. The van der Waals surface area contributed by atoms with Gasteiger partial charge in [-0.25, -0.2) is 4.98 Å². The third-order valence-electron chi connectivity index (χ3n) is 3.14. The van der Waals surface area contributed by atoms with Crippen LogP contribution in [0.5, 0.6) is 0 Å². The maximum atomic E-state index is 6.05. The standard InChI is InChI=1S/C15H12Cl2N2O/c1-7-3-8(2)14-12(4-7)19-15(20-14)10-5-9(16)6-11(17)13(10)18/h3-6H,18H2,1-2H3. The summed E-state index contributed by atoms with van der Waals surface area (Å²) in [5.74, 6) is 0.426. The molecule has 5 heteroatoms. The first-order valence-corrected chi connectivity index (χ1v) is 6.84. The van der Waals surface area contributed by atoms with Crippen LogP contribution in [0, 0.1) is 13.8 Å². The maximum Gasteiger partial charge on any atom is 0.229 e. The molecule has 3 aromatic rings. The fourth-order valence-corrected chi connectivity index (χ4v) is 2.75. The summed E-state index contributed by atoms with van der Waals surface area (Å²) < 4.78 is 5.82. The van der Waals surface area contributed by atoms with Crippen LogP contribution < -0.4 is 5.73 Å². The summed E-state index contributed by atoms with van der Waals surface area (Å²) in [5.41, 5.74) is 10.7. The lowest BCUT2D eigenvalue weighted by Crippen LogP contribution is -1.91. The van der Waals surface area contributed by atoms with Crippen molar-refractivity contribution in [1.82, 2.24) is 4.98 Å². The number of hydrogen-bond donors (Lipinski definition) is 1. The molecule has 0 saturated heterocycles. The van der Waals surface area contributed by atoms with Crippen LogP contribution in [0.4, 0.5) is 5.69 Å². The molecule has 0 aliphatic carbocycles. The second kappa shape index (κ2) is 4.69. The zero-order valence-corrected chi connectivity index (χ0v) is 12.5. The van der Waals surface area contributed by atoms with E-state index in [1.54, 1.807) is 12.1 Å². The summed E-state index contributed by atoms with van der Waals surface area (Å²) in [6.07, 6.45) is 0. The van der Waals surface area contributed by atoms with Crippen molar-refractivity contribution in [3.05, 3.63) is 45.4 Å². The Hall–Kier alpha value is -1.71. The molecule has 3 nitrogen and oxygen atoms in total. The molecule has 0 bridgehead atoms. The lowest BCUT2D eigenvalue weighted by Gasteiger charge is -2.04. The molecule has 0 fully saturated rings. The summed E-state index contributed by atoms with van der Waals surface area (Å²) in [5, 5.41) is 0.886. The van der Waals surface area contributed by atoms with Crippen LogP contribution >= 0.6 is 23.2 Å². The van der Waals surface area contributed by atoms with Gasteiger partial charge >= 0.3 is 0 Å². The number of fused-ring (bicyclic) bond motifs is 1. The highest BCUT2D eigenvalue weighted by molar-refractivity contribution is 6.37. The molecular formula is C15H12Cl2N2O. The van der Waals surface area contributed by atoms with E-state index < -0.39 is 0 Å². The molecule has 2 aromatic carbocycles. The van der Waals surface area contributed by atoms with Crippen LogP contribution in [0.25, 0.3) is 22.6 Å². The molecule has 1 aromatic heterocycles. The number of benzene rings is 2. The summed E-state index contributed by atoms with van der Waals surface area (Å²) >= 11 is 12.1. The van der Waals surface area contributed by atoms with Gasteiger partial charge in [0, 0.05) is 5.02 Å². The molecule has 1 heterocycles. The van der Waals surface area contributed by atoms with Gasteiger partial charge in [0.2, 0.25) is 5.89 Å². The number of nitrogens with zero attached hydrogens (tertiary/aromatic N) is 1. The first-order valence-electron chi connectivity index (χ1n) is 6.08. The second-order valence-corrected chi connectivity index (χ2v) is 5.64. The molecule has 0 unspecified atom stereocenters. The van der Waals surface area contributed by atoms with Gasteiger partial charge in [0.25, 0.3) is 0 Å². The number of halogens is 2. The van der Waals surface area contributed by atoms with Gasteiger partial charge in [-0.05, 0) is 43.2 Å². The Morgan fingerprint density at radius 2 is 1.85 bits per heavy atom. The van der Waals surface area contributed by atoms with Crippen molar-refractivity contribution >= 4 is 40.0 Å². The third-order valence-corrected chi connectivity index (χ3v) is 3.68. The molecule has 0 radical (unpaired) electrons. The number of nitrogens with two attached hydrogens (primary N) is 1. The smallest absolute Gasteiger partial charge is 0.229 e. The lowest BCUT2D eigenvalue weighted by molar-refractivity contribution is 0.617. The lowest BCUT2D eigenvalue weighted by atomic mass is 10.1. The van der Waals surface area contributed by atoms with Crippen LogP contribution in [0.1, 0.15) is 11.1 Å². The third kappa shape index (κ3) is 2.13. The molecule has 20 heavy (non-hydrogen) atoms. The van der Waals surface area contributed by atoms with E-state index in [4.69, 9.17) is 33.4 Å². The van der Waals surface area contributed by atoms with Crippen LogP contribution in [-0.4, -0.2) is 4.98 Å². The average molecular weight is 307 g/mol. The number of hydrogen-bond acceptors (Lipinski definition) is 3. The molecule has 0 atom stereocenters. The van der Waals surface area contributed by atoms with Crippen molar-refractivity contribution in [3.8, 4) is 11.5 Å². The summed E-state index contributed by atoms with van der Waals surface area (Å²) in [7, 11) is 0. The van der Waals surface area contributed by atoms with E-state index in [9.17, 15) is 0 Å². The van der Waals surface area contributed by atoms with Gasteiger partial charge in [-0.1, -0.05) is 29.3 Å². The van der Waals surface area contributed by atoms with E-state index in [2.05, 4.69) is 4.98 Å². The Labute approximate surface area is 126 Å². The minimum Gasteiger partial charge on any atom is -0.436 e. The van der Waals surface area contributed by atoms with Crippen molar-refractivity contribution in [2.45, 2.75) is 13.8 Å². The Morgan fingerprint density at radius 1 is 1.10 bits per heavy atom. The summed E-state index contributed by atoms with van der Waals surface area (Å²) in [6.45, 7) is 4.00. The molecule has 0 aliphatic rings. The molecule has 102 valence electrons. The van der Waals surface area contributed by atoms with E-state index >= 15 is 0 Å². The maximum absolute atomic E-state index is 6.05. The highest BCUT2D eigenvalue weighted by Crippen LogP contribution is 2.36. The van der Waals surface area contributed by atoms with Gasteiger partial charge in [-0.2, -0.15) is 0 Å². The monoisotopic (exact) mass is 306 g/mol. The normalized spacial score (nSPS) is 11.2. The Bertz CT molecular complexity index is 824. The molecule has 0 aliphatic heterocycles. The van der Waals surface area contributed by atoms with Crippen molar-refractivity contribution < 1.29 is 4.42 Å². The van der Waals surface area contributed by atoms with Gasteiger partial charge in [0.05, 0.1) is 16.3 Å². The van der Waals surface area contributed by atoms with Gasteiger partial charge in [0.1, 0.15) is 5.52 Å². The Balaban J connectivity index is 2.28. The number of oxazole rings is 1. The Morgan fingerprint density at radius 3 is 2.60 bits per heavy atom. The quantitative estimate of drug-likeness (QED) is 0.644.